The molecule has 0 unspecified atom stereocenters. The molecule has 0 spiro atoms. The molecule has 6 nitrogen and oxygen atoms in total. The SMILES string of the molecule is CCOc1ccc(C(=O)N/N=C\c2cc(Br)c(O)c(OCC)c2)cc1. The number of carbonyl (C=O) groups is 1. The summed E-state index contributed by atoms with van der Waals surface area (Å²) in [6, 6.07) is 10.1. The van der Waals surface area contributed by atoms with Crippen molar-refractivity contribution in [3.63, 3.8) is 0 Å². The van der Waals surface area contributed by atoms with Gasteiger partial charge in [-0.05, 0) is 71.7 Å². The first kappa shape index (κ1) is 18.8. The lowest BCUT2D eigenvalue weighted by atomic mass is 10.2. The van der Waals surface area contributed by atoms with E-state index in [1.54, 1.807) is 36.4 Å². The number of hydrogen-bond donors (Lipinski definition) is 2. The lowest BCUT2D eigenvalue weighted by molar-refractivity contribution is 0.0955. The fourth-order valence-corrected chi connectivity index (χ4v) is 2.49. The highest BCUT2D eigenvalue weighted by Crippen LogP contribution is 2.35. The van der Waals surface area contributed by atoms with Gasteiger partial charge in [-0.3, -0.25) is 4.79 Å². The van der Waals surface area contributed by atoms with E-state index in [0.29, 0.717) is 40.3 Å². The number of benzene rings is 2. The Morgan fingerprint density at radius 1 is 1.20 bits per heavy atom. The summed E-state index contributed by atoms with van der Waals surface area (Å²) in [6.45, 7) is 4.72. The van der Waals surface area contributed by atoms with Crippen LogP contribution in [0.4, 0.5) is 0 Å². The third-order valence-electron chi connectivity index (χ3n) is 3.16. The Labute approximate surface area is 154 Å². The molecule has 1 amide bonds. The number of nitrogens with zero attached hydrogens (tertiary/aromatic N) is 1. The van der Waals surface area contributed by atoms with Crippen LogP contribution in [-0.4, -0.2) is 30.4 Å². The van der Waals surface area contributed by atoms with Crippen molar-refractivity contribution >= 4 is 28.1 Å². The second-order valence-corrected chi connectivity index (χ2v) is 5.79. The molecule has 0 aromatic heterocycles. The van der Waals surface area contributed by atoms with Crippen LogP contribution in [0.5, 0.6) is 17.2 Å². The Hall–Kier alpha value is -2.54. The van der Waals surface area contributed by atoms with Gasteiger partial charge >= 0.3 is 0 Å². The summed E-state index contributed by atoms with van der Waals surface area (Å²) >= 11 is 3.25. The van der Waals surface area contributed by atoms with Gasteiger partial charge in [-0.2, -0.15) is 5.10 Å². The summed E-state index contributed by atoms with van der Waals surface area (Å²) in [5, 5.41) is 13.8. The van der Waals surface area contributed by atoms with Crippen molar-refractivity contribution in [2.24, 2.45) is 5.10 Å². The van der Waals surface area contributed by atoms with Crippen LogP contribution in [0.25, 0.3) is 0 Å². The van der Waals surface area contributed by atoms with E-state index in [9.17, 15) is 9.90 Å². The maximum Gasteiger partial charge on any atom is 0.271 e. The van der Waals surface area contributed by atoms with Crippen molar-refractivity contribution in [3.05, 3.63) is 52.0 Å². The minimum atomic E-state index is -0.331. The number of ether oxygens (including phenoxy) is 2. The highest BCUT2D eigenvalue weighted by atomic mass is 79.9. The van der Waals surface area contributed by atoms with Crippen LogP contribution < -0.4 is 14.9 Å². The van der Waals surface area contributed by atoms with Gasteiger partial charge in [0.1, 0.15) is 5.75 Å². The van der Waals surface area contributed by atoms with Crippen LogP contribution in [0, 0.1) is 0 Å². The molecule has 0 atom stereocenters. The predicted molar refractivity (Wildman–Crippen MR) is 99.6 cm³/mol. The molecule has 7 heteroatoms. The molecule has 132 valence electrons. The van der Waals surface area contributed by atoms with Gasteiger partial charge in [0, 0.05) is 5.56 Å². The van der Waals surface area contributed by atoms with Crippen LogP contribution in [0.15, 0.2) is 46.0 Å². The van der Waals surface area contributed by atoms with Crippen LogP contribution >= 0.6 is 15.9 Å². The number of nitrogens with one attached hydrogen (secondary N) is 1. The molecule has 2 rings (SSSR count). The number of amides is 1. The molecular formula is C18H19BrN2O4. The van der Waals surface area contributed by atoms with E-state index in [1.807, 2.05) is 13.8 Å². The number of hydrogen-bond acceptors (Lipinski definition) is 5. The standard InChI is InChI=1S/C18H19BrN2O4/c1-3-24-14-7-5-13(6-8-14)18(23)21-20-11-12-9-15(19)17(22)16(10-12)25-4-2/h5-11,22H,3-4H2,1-2H3,(H,21,23)/b20-11-. The number of phenols is 1. The molecule has 0 radical (unpaired) electrons. The number of phenolic OH excluding ortho intramolecular Hbond substituents is 1. The lowest BCUT2D eigenvalue weighted by Gasteiger charge is -2.08. The van der Waals surface area contributed by atoms with Gasteiger partial charge in [0.05, 0.1) is 23.9 Å². The minimum Gasteiger partial charge on any atom is -0.503 e. The number of rotatable bonds is 7. The zero-order valence-corrected chi connectivity index (χ0v) is 15.5. The van der Waals surface area contributed by atoms with Gasteiger partial charge in [0.15, 0.2) is 11.5 Å². The van der Waals surface area contributed by atoms with Crippen LogP contribution in [0.1, 0.15) is 29.8 Å². The third kappa shape index (κ3) is 5.22. The average molecular weight is 407 g/mol. The second kappa shape index (κ2) is 9.08. The van der Waals surface area contributed by atoms with Crippen molar-refractivity contribution in [1.29, 1.82) is 0 Å². The Morgan fingerprint density at radius 2 is 1.88 bits per heavy atom. The van der Waals surface area contributed by atoms with Gasteiger partial charge in [-0.25, -0.2) is 5.43 Å². The van der Waals surface area contributed by atoms with Crippen molar-refractivity contribution in [2.75, 3.05) is 13.2 Å². The number of carbonyl (C=O) groups excluding carboxylic acids is 1. The largest absolute Gasteiger partial charge is 0.503 e. The summed E-state index contributed by atoms with van der Waals surface area (Å²) < 4.78 is 11.2. The molecule has 0 heterocycles. The predicted octanol–water partition coefficient (Wildman–Crippen LogP) is 3.72. The molecule has 0 aliphatic carbocycles. The lowest BCUT2D eigenvalue weighted by Crippen LogP contribution is -2.17. The quantitative estimate of drug-likeness (QED) is 0.542. The van der Waals surface area contributed by atoms with E-state index in [-0.39, 0.29) is 11.7 Å². The molecule has 2 aromatic carbocycles. The topological polar surface area (TPSA) is 80.2 Å². The van der Waals surface area contributed by atoms with Crippen LogP contribution in [0.3, 0.4) is 0 Å². The number of aromatic hydroxyl groups is 1. The Bertz CT molecular complexity index is 760. The molecule has 0 fully saturated rings. The molecule has 0 saturated carbocycles. The maximum atomic E-state index is 12.1. The monoisotopic (exact) mass is 406 g/mol. The van der Waals surface area contributed by atoms with Crippen molar-refractivity contribution in [1.82, 2.24) is 5.43 Å². The van der Waals surface area contributed by atoms with Crippen molar-refractivity contribution in [2.45, 2.75) is 13.8 Å². The minimum absolute atomic E-state index is 0.0254. The molecular weight excluding hydrogens is 388 g/mol. The van der Waals surface area contributed by atoms with Crippen molar-refractivity contribution < 1.29 is 19.4 Å². The molecule has 2 N–H and O–H groups in total. The Kier molecular flexibility index (Phi) is 6.82. The average Bonchev–Trinajstić information content (AvgIpc) is 2.60. The van der Waals surface area contributed by atoms with Gasteiger partial charge in [0.25, 0.3) is 5.91 Å². The van der Waals surface area contributed by atoms with Crippen LogP contribution in [-0.2, 0) is 0 Å². The third-order valence-corrected chi connectivity index (χ3v) is 3.76. The molecule has 0 aliphatic rings. The van der Waals surface area contributed by atoms with E-state index in [0.717, 1.165) is 0 Å². The van der Waals surface area contributed by atoms with E-state index in [4.69, 9.17) is 9.47 Å². The summed E-state index contributed by atoms with van der Waals surface area (Å²) in [5.74, 6) is 0.746. The van der Waals surface area contributed by atoms with Gasteiger partial charge in [0.2, 0.25) is 0 Å². The van der Waals surface area contributed by atoms with E-state index >= 15 is 0 Å². The zero-order valence-electron chi connectivity index (χ0n) is 14.0. The molecule has 2 aromatic rings. The van der Waals surface area contributed by atoms with E-state index in [1.165, 1.54) is 6.21 Å². The first-order chi connectivity index (χ1) is 12.0. The van der Waals surface area contributed by atoms with E-state index < -0.39 is 0 Å². The Balaban J connectivity index is 2.03. The van der Waals surface area contributed by atoms with Gasteiger partial charge in [-0.1, -0.05) is 0 Å². The smallest absolute Gasteiger partial charge is 0.271 e. The molecule has 0 saturated heterocycles. The first-order valence-corrected chi connectivity index (χ1v) is 8.56. The number of halogens is 1. The zero-order chi connectivity index (χ0) is 18.2. The highest BCUT2D eigenvalue weighted by molar-refractivity contribution is 9.10. The van der Waals surface area contributed by atoms with Crippen molar-refractivity contribution in [3.8, 4) is 17.2 Å². The van der Waals surface area contributed by atoms with Crippen LogP contribution in [0.2, 0.25) is 0 Å². The van der Waals surface area contributed by atoms with Gasteiger partial charge < -0.3 is 14.6 Å². The number of hydrazone groups is 1. The fraction of sp³-hybridized carbons (Fsp3) is 0.222. The molecule has 25 heavy (non-hydrogen) atoms. The van der Waals surface area contributed by atoms with E-state index in [2.05, 4.69) is 26.5 Å². The molecule has 0 bridgehead atoms. The fourth-order valence-electron chi connectivity index (χ4n) is 2.03. The summed E-state index contributed by atoms with van der Waals surface area (Å²) in [4.78, 5) is 12.1. The normalized spacial score (nSPS) is 10.7. The summed E-state index contributed by atoms with van der Waals surface area (Å²) in [7, 11) is 0. The summed E-state index contributed by atoms with van der Waals surface area (Å²) in [5.41, 5.74) is 3.60. The first-order valence-electron chi connectivity index (χ1n) is 7.76. The Morgan fingerprint density at radius 3 is 2.52 bits per heavy atom. The summed E-state index contributed by atoms with van der Waals surface area (Å²) in [6.07, 6.45) is 1.47. The van der Waals surface area contributed by atoms with Gasteiger partial charge in [-0.15, -0.1) is 0 Å². The second-order valence-electron chi connectivity index (χ2n) is 4.94. The maximum absolute atomic E-state index is 12.1. The highest BCUT2D eigenvalue weighted by Gasteiger charge is 2.08. The molecule has 0 aliphatic heterocycles.